The molecular weight excluding hydrogens is 326 g/mol. The van der Waals surface area contributed by atoms with Crippen LogP contribution in [0.3, 0.4) is 0 Å². The molecule has 0 bridgehead atoms. The lowest BCUT2D eigenvalue weighted by Gasteiger charge is -2.22. The average Bonchev–Trinajstić information content (AvgIpc) is 2.49. The Morgan fingerprint density at radius 1 is 1.24 bits per heavy atom. The van der Waals surface area contributed by atoms with Gasteiger partial charge in [-0.15, -0.1) is 0 Å². The summed E-state index contributed by atoms with van der Waals surface area (Å²) in [6.07, 6.45) is -0.858. The molecule has 0 aliphatic heterocycles. The number of nitrogens with zero attached hydrogens (tertiary/aromatic N) is 1. The van der Waals surface area contributed by atoms with E-state index < -0.39 is 29.6 Å². The summed E-state index contributed by atoms with van der Waals surface area (Å²) in [6.45, 7) is 4.74. The van der Waals surface area contributed by atoms with E-state index in [1.165, 1.54) is 0 Å². The number of nitrogens with one attached hydrogen (secondary N) is 2. The highest BCUT2D eigenvalue weighted by atomic mass is 16.6. The molecule has 0 radical (unpaired) electrons. The Balaban J connectivity index is 2.68. The van der Waals surface area contributed by atoms with Crippen molar-refractivity contribution in [3.8, 4) is 0 Å². The predicted octanol–water partition coefficient (Wildman–Crippen LogP) is 1.46. The third-order valence-corrected chi connectivity index (χ3v) is 3.08. The van der Waals surface area contributed by atoms with Crippen LogP contribution in [-0.4, -0.2) is 55.4 Å². The van der Waals surface area contributed by atoms with Gasteiger partial charge in [0, 0.05) is 31.9 Å². The Morgan fingerprint density at radius 2 is 1.88 bits per heavy atom. The summed E-state index contributed by atoms with van der Waals surface area (Å²) in [5.41, 5.74) is 0.491. The normalized spacial score (nSPS) is 12.0. The van der Waals surface area contributed by atoms with Crippen LogP contribution in [0.4, 0.5) is 10.5 Å². The van der Waals surface area contributed by atoms with Gasteiger partial charge in [0.1, 0.15) is 11.6 Å². The fourth-order valence-corrected chi connectivity index (χ4v) is 1.87. The van der Waals surface area contributed by atoms with Crippen molar-refractivity contribution in [3.63, 3.8) is 0 Å². The van der Waals surface area contributed by atoms with Gasteiger partial charge >= 0.3 is 12.1 Å². The van der Waals surface area contributed by atoms with E-state index in [4.69, 9.17) is 4.74 Å². The van der Waals surface area contributed by atoms with E-state index in [1.807, 2.05) is 25.1 Å². The lowest BCUT2D eigenvalue weighted by Crippen LogP contribution is -2.49. The molecule has 1 atom stereocenters. The van der Waals surface area contributed by atoms with Crippen LogP contribution < -0.4 is 15.5 Å². The molecule has 138 valence electrons. The number of carbonyl (C=O) groups is 3. The van der Waals surface area contributed by atoms with E-state index >= 15 is 0 Å². The summed E-state index contributed by atoms with van der Waals surface area (Å²) < 4.78 is 5.02. The van der Waals surface area contributed by atoms with Gasteiger partial charge in [0.15, 0.2) is 0 Å². The van der Waals surface area contributed by atoms with Crippen molar-refractivity contribution in [2.45, 2.75) is 32.4 Å². The second-order valence-electron chi connectivity index (χ2n) is 6.69. The molecule has 3 N–H and O–H groups in total. The largest absolute Gasteiger partial charge is 0.480 e. The smallest absolute Gasteiger partial charge is 0.408 e. The maximum absolute atomic E-state index is 12.2. The van der Waals surface area contributed by atoms with Crippen molar-refractivity contribution < 1.29 is 24.2 Å². The quantitative estimate of drug-likeness (QED) is 0.716. The summed E-state index contributed by atoms with van der Waals surface area (Å²) in [7, 11) is 3.70. The molecule has 8 nitrogen and oxygen atoms in total. The van der Waals surface area contributed by atoms with Gasteiger partial charge in [0.25, 0.3) is 5.91 Å². The van der Waals surface area contributed by atoms with E-state index in [-0.39, 0.29) is 6.54 Å². The van der Waals surface area contributed by atoms with Gasteiger partial charge in [0.2, 0.25) is 0 Å². The molecule has 0 aliphatic carbocycles. The minimum atomic E-state index is -1.30. The first kappa shape index (κ1) is 20.3. The van der Waals surface area contributed by atoms with E-state index in [0.29, 0.717) is 5.56 Å². The van der Waals surface area contributed by atoms with Gasteiger partial charge < -0.3 is 25.4 Å². The molecule has 8 heteroatoms. The number of aliphatic carboxylic acids is 1. The third kappa shape index (κ3) is 7.11. The minimum Gasteiger partial charge on any atom is -0.480 e. The number of amides is 2. The molecule has 0 saturated carbocycles. The summed E-state index contributed by atoms with van der Waals surface area (Å²) in [5.74, 6) is -1.70. The second-order valence-corrected chi connectivity index (χ2v) is 6.69. The predicted molar refractivity (Wildman–Crippen MR) is 93.9 cm³/mol. The fourth-order valence-electron chi connectivity index (χ4n) is 1.87. The van der Waals surface area contributed by atoms with Crippen molar-refractivity contribution in [1.29, 1.82) is 0 Å². The molecule has 0 heterocycles. The number of hydrogen-bond acceptors (Lipinski definition) is 5. The number of carboxylic acids is 1. The first-order valence-corrected chi connectivity index (χ1v) is 7.77. The van der Waals surface area contributed by atoms with Gasteiger partial charge in [-0.05, 0) is 39.0 Å². The molecule has 0 spiro atoms. The highest BCUT2D eigenvalue weighted by molar-refractivity contribution is 5.95. The molecule has 1 aromatic rings. The summed E-state index contributed by atoms with van der Waals surface area (Å²) in [6, 6.07) is 5.60. The molecular formula is C17H25N3O5. The molecule has 2 amide bonds. The van der Waals surface area contributed by atoms with E-state index in [1.54, 1.807) is 39.0 Å². The Bertz CT molecular complexity index is 637. The molecule has 0 saturated heterocycles. The van der Waals surface area contributed by atoms with Crippen LogP contribution in [0.1, 0.15) is 31.1 Å². The Labute approximate surface area is 147 Å². The van der Waals surface area contributed by atoms with Crippen LogP contribution in [0.15, 0.2) is 24.3 Å². The van der Waals surface area contributed by atoms with E-state index in [2.05, 4.69) is 10.6 Å². The van der Waals surface area contributed by atoms with Crippen LogP contribution in [-0.2, 0) is 9.53 Å². The van der Waals surface area contributed by atoms with Crippen molar-refractivity contribution >= 4 is 23.7 Å². The number of rotatable bonds is 6. The average molecular weight is 351 g/mol. The van der Waals surface area contributed by atoms with Crippen LogP contribution >= 0.6 is 0 Å². The Kier molecular flexibility index (Phi) is 6.78. The standard InChI is InChI=1S/C17H25N3O5/c1-17(2,3)25-16(24)19-13(15(22)23)10-18-14(21)11-7-6-8-12(9-11)20(4)5/h6-9,13H,10H2,1-5H3,(H,18,21)(H,19,24)(H,22,23). The number of anilines is 1. The van der Waals surface area contributed by atoms with Gasteiger partial charge in [-0.3, -0.25) is 4.79 Å². The SMILES string of the molecule is CN(C)c1cccc(C(=O)NCC(NC(=O)OC(C)(C)C)C(=O)O)c1. The third-order valence-electron chi connectivity index (χ3n) is 3.08. The van der Waals surface area contributed by atoms with Gasteiger partial charge in [0.05, 0.1) is 0 Å². The summed E-state index contributed by atoms with van der Waals surface area (Å²) in [5, 5.41) is 13.9. The van der Waals surface area contributed by atoms with Crippen molar-refractivity contribution in [1.82, 2.24) is 10.6 Å². The first-order chi connectivity index (χ1) is 11.5. The summed E-state index contributed by atoms with van der Waals surface area (Å²) in [4.78, 5) is 37.0. The van der Waals surface area contributed by atoms with Crippen LogP contribution in [0.25, 0.3) is 0 Å². The number of hydrogen-bond donors (Lipinski definition) is 3. The van der Waals surface area contributed by atoms with Crippen LogP contribution in [0, 0.1) is 0 Å². The molecule has 1 unspecified atom stereocenters. The number of carboxylic acid groups (broad SMARTS) is 1. The molecule has 25 heavy (non-hydrogen) atoms. The van der Waals surface area contributed by atoms with Crippen molar-refractivity contribution in [2.75, 3.05) is 25.5 Å². The zero-order valence-corrected chi connectivity index (χ0v) is 15.1. The summed E-state index contributed by atoms with van der Waals surface area (Å²) >= 11 is 0. The molecule has 1 aromatic carbocycles. The molecule has 0 aromatic heterocycles. The number of carbonyl (C=O) groups excluding carboxylic acids is 2. The number of ether oxygens (including phenoxy) is 1. The van der Waals surface area contributed by atoms with Gasteiger partial charge in [-0.25, -0.2) is 9.59 Å². The monoisotopic (exact) mass is 351 g/mol. The maximum Gasteiger partial charge on any atom is 0.408 e. The highest BCUT2D eigenvalue weighted by Crippen LogP contribution is 2.13. The first-order valence-electron chi connectivity index (χ1n) is 7.77. The van der Waals surface area contributed by atoms with Crippen LogP contribution in [0.5, 0.6) is 0 Å². The van der Waals surface area contributed by atoms with E-state index in [0.717, 1.165) is 5.69 Å². The van der Waals surface area contributed by atoms with E-state index in [9.17, 15) is 19.5 Å². The lowest BCUT2D eigenvalue weighted by molar-refractivity contribution is -0.139. The second kappa shape index (κ2) is 8.36. The zero-order valence-electron chi connectivity index (χ0n) is 15.1. The van der Waals surface area contributed by atoms with Crippen LogP contribution in [0.2, 0.25) is 0 Å². The van der Waals surface area contributed by atoms with Crippen molar-refractivity contribution in [2.24, 2.45) is 0 Å². The highest BCUT2D eigenvalue weighted by Gasteiger charge is 2.24. The Morgan fingerprint density at radius 3 is 2.40 bits per heavy atom. The lowest BCUT2D eigenvalue weighted by atomic mass is 10.1. The van der Waals surface area contributed by atoms with Gasteiger partial charge in [-0.1, -0.05) is 6.07 Å². The maximum atomic E-state index is 12.2. The molecule has 1 rings (SSSR count). The number of alkyl carbamates (subject to hydrolysis) is 1. The molecule has 0 aliphatic rings. The zero-order chi connectivity index (χ0) is 19.2. The molecule has 0 fully saturated rings. The Hall–Kier alpha value is -2.77. The minimum absolute atomic E-state index is 0.264. The topological polar surface area (TPSA) is 108 Å². The van der Waals surface area contributed by atoms with Gasteiger partial charge in [-0.2, -0.15) is 0 Å². The van der Waals surface area contributed by atoms with Crippen molar-refractivity contribution in [3.05, 3.63) is 29.8 Å². The fraction of sp³-hybridized carbons (Fsp3) is 0.471. The number of benzene rings is 1.